The maximum atomic E-state index is 12.8. The summed E-state index contributed by atoms with van der Waals surface area (Å²) in [7, 11) is 1.31. The van der Waals surface area contributed by atoms with E-state index < -0.39 is 24.3 Å². The minimum absolute atomic E-state index is 0.00721. The van der Waals surface area contributed by atoms with Crippen molar-refractivity contribution in [3.63, 3.8) is 0 Å². The number of aromatic nitrogens is 1. The average molecular weight is 760 g/mol. The molecule has 6 aromatic rings. The topological polar surface area (TPSA) is 119 Å². The van der Waals surface area contributed by atoms with Crippen molar-refractivity contribution in [2.75, 3.05) is 12.9 Å². The molecule has 0 bridgehead atoms. The van der Waals surface area contributed by atoms with E-state index >= 15 is 0 Å². The predicted octanol–water partition coefficient (Wildman–Crippen LogP) is 8.38. The molecule has 2 heterocycles. The fourth-order valence-electron chi connectivity index (χ4n) is 6.37. The molecule has 276 valence electrons. The second-order valence-corrected chi connectivity index (χ2v) is 15.3. The molecule has 4 unspecified atom stereocenters. The summed E-state index contributed by atoms with van der Waals surface area (Å²) in [4.78, 5) is 30.0. The van der Waals surface area contributed by atoms with E-state index in [1.54, 1.807) is 23.1 Å². The van der Waals surface area contributed by atoms with E-state index in [4.69, 9.17) is 19.2 Å². The van der Waals surface area contributed by atoms with Crippen LogP contribution in [0.1, 0.15) is 46.6 Å². The highest BCUT2D eigenvalue weighted by atomic mass is 32.2. The van der Waals surface area contributed by atoms with Crippen molar-refractivity contribution in [2.45, 2.75) is 54.9 Å². The second kappa shape index (κ2) is 17.9. The summed E-state index contributed by atoms with van der Waals surface area (Å²) in [5, 5.41) is 15.2. The first-order valence-electron chi connectivity index (χ1n) is 17.8. The van der Waals surface area contributed by atoms with Crippen LogP contribution in [0.4, 0.5) is 4.79 Å². The van der Waals surface area contributed by atoms with Gasteiger partial charge in [0, 0.05) is 30.7 Å². The molecule has 1 saturated heterocycles. The molecule has 0 aliphatic carbocycles. The molecule has 1 aliphatic rings. The molecule has 1 aromatic heterocycles. The number of esters is 1. The van der Waals surface area contributed by atoms with Crippen LogP contribution in [-0.2, 0) is 38.6 Å². The number of nitrogens with one attached hydrogen (secondary N) is 2. The first kappa shape index (κ1) is 37.3. The number of nitrogens with zero attached hydrogens (tertiary/aromatic N) is 1. The molecular weight excluding hydrogens is 719 g/mol. The minimum atomic E-state index is -0.811. The molecule has 1 fully saturated rings. The van der Waals surface area contributed by atoms with Gasteiger partial charge in [0.1, 0.15) is 6.04 Å². The summed E-state index contributed by atoms with van der Waals surface area (Å²) >= 11 is 3.40. The number of hydrogen-bond donors (Lipinski definition) is 3. The van der Waals surface area contributed by atoms with Gasteiger partial charge in [0.25, 0.3) is 0 Å². The van der Waals surface area contributed by atoms with Crippen molar-refractivity contribution in [3.8, 4) is 11.1 Å². The Bertz CT molecular complexity index is 2130. The van der Waals surface area contributed by atoms with Crippen LogP contribution in [0.2, 0.25) is 0 Å². The summed E-state index contributed by atoms with van der Waals surface area (Å²) in [6.45, 7) is 0.268. The lowest BCUT2D eigenvalue weighted by molar-refractivity contribution is -0.245. The highest BCUT2D eigenvalue weighted by Crippen LogP contribution is 2.40. The van der Waals surface area contributed by atoms with E-state index in [0.29, 0.717) is 12.8 Å². The quantitative estimate of drug-likeness (QED) is 0.0794. The molecule has 54 heavy (non-hydrogen) atoms. The number of rotatable bonds is 13. The molecule has 4 atom stereocenters. The third kappa shape index (κ3) is 9.54. The normalized spacial score (nSPS) is 17.5. The Balaban J connectivity index is 1.00. The first-order valence-corrected chi connectivity index (χ1v) is 19.6. The van der Waals surface area contributed by atoms with E-state index in [0.717, 1.165) is 54.6 Å². The highest BCUT2D eigenvalue weighted by molar-refractivity contribution is 8.01. The SMILES string of the molecule is COC(=O)C(Cc1ccccc1)NC(=O)NCc1cccc(-c2ccc(C3OC(CSc4nc5ccccc5s4)CC(c4ccc(CO)cc4)O3)cc2)c1. The summed E-state index contributed by atoms with van der Waals surface area (Å²) < 4.78 is 20.3. The molecule has 9 nitrogen and oxygen atoms in total. The number of methoxy groups -OCH3 is 1. The van der Waals surface area contributed by atoms with E-state index in [-0.39, 0.29) is 25.4 Å². The van der Waals surface area contributed by atoms with E-state index in [2.05, 4.69) is 28.8 Å². The van der Waals surface area contributed by atoms with Gasteiger partial charge in [0.2, 0.25) is 0 Å². The number of thiazole rings is 1. The number of hydrogen-bond acceptors (Lipinski definition) is 9. The molecule has 1 aliphatic heterocycles. The van der Waals surface area contributed by atoms with Crippen LogP contribution in [-0.4, -0.2) is 47.1 Å². The van der Waals surface area contributed by atoms with E-state index in [1.807, 2.05) is 109 Å². The zero-order valence-electron chi connectivity index (χ0n) is 29.7. The van der Waals surface area contributed by atoms with Crippen molar-refractivity contribution in [2.24, 2.45) is 0 Å². The van der Waals surface area contributed by atoms with Gasteiger partial charge in [-0.2, -0.15) is 0 Å². The summed E-state index contributed by atoms with van der Waals surface area (Å²) in [5.74, 6) is 0.229. The molecule has 0 radical (unpaired) electrons. The number of benzene rings is 5. The molecule has 7 rings (SSSR count). The van der Waals surface area contributed by atoms with Gasteiger partial charge in [-0.25, -0.2) is 14.6 Å². The Hall–Kier alpha value is -5.04. The molecule has 2 amide bonds. The maximum absolute atomic E-state index is 12.8. The van der Waals surface area contributed by atoms with Gasteiger partial charge in [-0.3, -0.25) is 0 Å². The first-order chi connectivity index (χ1) is 26.4. The molecule has 11 heteroatoms. The lowest BCUT2D eigenvalue weighted by Gasteiger charge is -2.36. The number of carbonyl (C=O) groups excluding carboxylic acids is 2. The van der Waals surface area contributed by atoms with Crippen LogP contribution in [0.5, 0.6) is 0 Å². The number of amides is 2. The van der Waals surface area contributed by atoms with Crippen molar-refractivity contribution in [1.82, 2.24) is 15.6 Å². The van der Waals surface area contributed by atoms with Crippen LogP contribution in [0, 0.1) is 0 Å². The number of aliphatic hydroxyl groups excluding tert-OH is 1. The van der Waals surface area contributed by atoms with Gasteiger partial charge in [-0.1, -0.05) is 121 Å². The Kier molecular flexibility index (Phi) is 12.3. The van der Waals surface area contributed by atoms with Gasteiger partial charge in [0.05, 0.1) is 36.1 Å². The average Bonchev–Trinajstić information content (AvgIpc) is 3.65. The Morgan fingerprint density at radius 3 is 2.35 bits per heavy atom. The highest BCUT2D eigenvalue weighted by Gasteiger charge is 2.32. The van der Waals surface area contributed by atoms with Gasteiger partial charge >= 0.3 is 12.0 Å². The van der Waals surface area contributed by atoms with Gasteiger partial charge in [-0.05, 0) is 51.6 Å². The summed E-state index contributed by atoms with van der Waals surface area (Å²) in [6, 6.07) is 40.4. The minimum Gasteiger partial charge on any atom is -0.467 e. The van der Waals surface area contributed by atoms with E-state index in [1.165, 1.54) is 11.8 Å². The number of urea groups is 1. The van der Waals surface area contributed by atoms with E-state index in [9.17, 15) is 14.7 Å². The molecule has 0 saturated carbocycles. The number of thioether (sulfide) groups is 1. The van der Waals surface area contributed by atoms with Crippen LogP contribution in [0.3, 0.4) is 0 Å². The van der Waals surface area contributed by atoms with Crippen molar-refractivity contribution < 1.29 is 28.9 Å². The fraction of sp³-hybridized carbons (Fsp3) is 0.233. The van der Waals surface area contributed by atoms with Gasteiger partial charge in [0.15, 0.2) is 10.6 Å². The third-order valence-electron chi connectivity index (χ3n) is 9.25. The summed E-state index contributed by atoms with van der Waals surface area (Å²) in [6.07, 6.45) is 0.192. The maximum Gasteiger partial charge on any atom is 0.328 e. The number of ether oxygens (including phenoxy) is 3. The number of fused-ring (bicyclic) bond motifs is 1. The van der Waals surface area contributed by atoms with Crippen LogP contribution in [0.15, 0.2) is 132 Å². The van der Waals surface area contributed by atoms with Gasteiger partial charge < -0.3 is 30.0 Å². The molecule has 5 aromatic carbocycles. The largest absolute Gasteiger partial charge is 0.467 e. The predicted molar refractivity (Wildman–Crippen MR) is 212 cm³/mol. The monoisotopic (exact) mass is 759 g/mol. The smallest absolute Gasteiger partial charge is 0.328 e. The number of para-hydroxylation sites is 1. The Morgan fingerprint density at radius 1 is 0.852 bits per heavy atom. The van der Waals surface area contributed by atoms with Crippen molar-refractivity contribution in [1.29, 1.82) is 0 Å². The summed E-state index contributed by atoms with van der Waals surface area (Å²) in [5.41, 5.74) is 7.65. The molecule has 0 spiro atoms. The number of carbonyl (C=O) groups is 2. The lowest BCUT2D eigenvalue weighted by atomic mass is 9.99. The van der Waals surface area contributed by atoms with Crippen LogP contribution >= 0.6 is 23.1 Å². The Labute approximate surface area is 322 Å². The number of aliphatic hydroxyl groups is 1. The molecule has 3 N–H and O–H groups in total. The Morgan fingerprint density at radius 2 is 1.59 bits per heavy atom. The standard InChI is InChI=1S/C43H41N3O6S2/c1-50-40(48)37(23-28-8-3-2-4-9-28)45-42(49)44-25-30-10-7-11-34(22-30)31-18-20-33(21-19-31)41-51-35(24-38(52-41)32-16-14-29(26-47)15-17-32)27-53-43-46-36-12-5-6-13-39(36)54-43/h2-22,35,37-38,41,47H,23-27H2,1H3,(H2,44,45,49). The lowest BCUT2D eigenvalue weighted by Crippen LogP contribution is -2.47. The van der Waals surface area contributed by atoms with Crippen molar-refractivity contribution >= 4 is 45.3 Å². The zero-order valence-corrected chi connectivity index (χ0v) is 31.4. The molecular formula is C43H41N3O6S2. The zero-order chi connectivity index (χ0) is 37.3. The van der Waals surface area contributed by atoms with Crippen LogP contribution < -0.4 is 10.6 Å². The van der Waals surface area contributed by atoms with Crippen LogP contribution in [0.25, 0.3) is 21.3 Å². The van der Waals surface area contributed by atoms with Crippen molar-refractivity contribution in [3.05, 3.63) is 155 Å². The fourth-order valence-corrected chi connectivity index (χ4v) is 8.48. The third-order valence-corrected chi connectivity index (χ3v) is 11.6. The van der Waals surface area contributed by atoms with Gasteiger partial charge in [-0.15, -0.1) is 11.3 Å². The second-order valence-electron chi connectivity index (χ2n) is 13.0.